The van der Waals surface area contributed by atoms with Crippen molar-refractivity contribution in [2.45, 2.75) is 12.5 Å². The van der Waals surface area contributed by atoms with Crippen LogP contribution in [0.3, 0.4) is 0 Å². The van der Waals surface area contributed by atoms with Gasteiger partial charge in [-0.2, -0.15) is 0 Å². The second-order valence-electron chi connectivity index (χ2n) is 7.22. The van der Waals surface area contributed by atoms with Gasteiger partial charge in [-0.05, 0) is 36.4 Å². The minimum atomic E-state index is -0.411. The average molecular weight is 460 g/mol. The monoisotopic (exact) mass is 459 g/mol. The number of hydrogen-bond donors (Lipinski definition) is 1. The van der Waals surface area contributed by atoms with E-state index in [1.807, 2.05) is 12.1 Å². The lowest BCUT2D eigenvalue weighted by molar-refractivity contribution is -0.915. The highest BCUT2D eigenvalue weighted by molar-refractivity contribution is 9.10. The summed E-state index contributed by atoms with van der Waals surface area (Å²) in [4.78, 5) is 40.4. The van der Waals surface area contributed by atoms with Gasteiger partial charge >= 0.3 is 0 Å². The summed E-state index contributed by atoms with van der Waals surface area (Å²) in [7, 11) is 0. The molecule has 9 heteroatoms. The molecule has 0 unspecified atom stereocenters. The lowest BCUT2D eigenvalue weighted by Gasteiger charge is -2.35. The Morgan fingerprint density at radius 3 is 2.14 bits per heavy atom. The number of anilines is 2. The van der Waals surface area contributed by atoms with Crippen molar-refractivity contribution in [2.24, 2.45) is 0 Å². The number of nitro benzene ring substituents is 1. The number of non-ortho nitro benzene ring substituents is 1. The van der Waals surface area contributed by atoms with Crippen molar-refractivity contribution in [3.63, 3.8) is 0 Å². The molecule has 150 valence electrons. The molecule has 0 bridgehead atoms. The van der Waals surface area contributed by atoms with E-state index >= 15 is 0 Å². The van der Waals surface area contributed by atoms with Gasteiger partial charge in [-0.25, -0.2) is 4.90 Å². The lowest BCUT2D eigenvalue weighted by Crippen LogP contribution is -3.19. The van der Waals surface area contributed by atoms with E-state index in [0.29, 0.717) is 5.69 Å². The molecule has 2 aliphatic heterocycles. The molecule has 2 amide bonds. The van der Waals surface area contributed by atoms with Crippen molar-refractivity contribution in [3.8, 4) is 0 Å². The highest BCUT2D eigenvalue weighted by Gasteiger charge is 2.46. The van der Waals surface area contributed by atoms with Gasteiger partial charge in [0, 0.05) is 22.3 Å². The lowest BCUT2D eigenvalue weighted by atomic mass is 10.1. The third kappa shape index (κ3) is 3.88. The van der Waals surface area contributed by atoms with Crippen molar-refractivity contribution in [1.29, 1.82) is 0 Å². The van der Waals surface area contributed by atoms with Gasteiger partial charge in [-0.15, -0.1) is 0 Å². The smallest absolute Gasteiger partial charge is 0.292 e. The van der Waals surface area contributed by atoms with E-state index in [1.54, 1.807) is 24.3 Å². The van der Waals surface area contributed by atoms with Gasteiger partial charge in [0.1, 0.15) is 0 Å². The molecule has 0 radical (unpaired) electrons. The maximum atomic E-state index is 12.9. The number of rotatable bonds is 4. The molecule has 1 atom stereocenters. The zero-order valence-electron chi connectivity index (χ0n) is 15.6. The van der Waals surface area contributed by atoms with Gasteiger partial charge in [0.15, 0.2) is 6.04 Å². The van der Waals surface area contributed by atoms with Crippen LogP contribution in [0.15, 0.2) is 53.0 Å². The van der Waals surface area contributed by atoms with Crippen LogP contribution in [0, 0.1) is 10.1 Å². The van der Waals surface area contributed by atoms with Crippen LogP contribution in [0.1, 0.15) is 6.42 Å². The fraction of sp³-hybridized carbons (Fsp3) is 0.300. The van der Waals surface area contributed by atoms with Crippen LogP contribution >= 0.6 is 15.9 Å². The second-order valence-corrected chi connectivity index (χ2v) is 8.13. The molecule has 0 aromatic heterocycles. The quantitative estimate of drug-likeness (QED) is 0.424. The molecule has 2 fully saturated rings. The molecule has 2 heterocycles. The summed E-state index contributed by atoms with van der Waals surface area (Å²) in [5.41, 5.74) is 1.61. The van der Waals surface area contributed by atoms with E-state index in [4.69, 9.17) is 0 Å². The van der Waals surface area contributed by atoms with Crippen LogP contribution in [0.4, 0.5) is 17.1 Å². The molecule has 8 nitrogen and oxygen atoms in total. The highest BCUT2D eigenvalue weighted by Crippen LogP contribution is 2.24. The van der Waals surface area contributed by atoms with Crippen LogP contribution in [0.25, 0.3) is 0 Å². The average Bonchev–Trinajstić information content (AvgIpc) is 3.03. The number of hydrogen-bond acceptors (Lipinski definition) is 5. The number of nitrogens with zero attached hydrogens (tertiary/aromatic N) is 3. The Hall–Kier alpha value is -2.78. The zero-order valence-corrected chi connectivity index (χ0v) is 17.2. The molecule has 29 heavy (non-hydrogen) atoms. The molecule has 0 spiro atoms. The maximum absolute atomic E-state index is 12.9. The fourth-order valence-electron chi connectivity index (χ4n) is 4.00. The number of piperazine rings is 1. The van der Waals surface area contributed by atoms with Gasteiger partial charge < -0.3 is 9.80 Å². The SMILES string of the molecule is O=C1C[C@@H]([NH+]2CCN(c3ccc([N+](=O)[O-])cc3)CC2)C(=O)N1c1ccc(Br)cc1. The van der Waals surface area contributed by atoms with Crippen LogP contribution in [0.2, 0.25) is 0 Å². The first kappa shape index (κ1) is 19.5. The number of carbonyl (C=O) groups excluding carboxylic acids is 2. The number of halogens is 1. The van der Waals surface area contributed by atoms with Crippen molar-refractivity contribution in [2.75, 3.05) is 36.0 Å². The minimum Gasteiger partial charge on any atom is -0.360 e. The molecule has 2 aliphatic rings. The summed E-state index contributed by atoms with van der Waals surface area (Å²) >= 11 is 3.36. The first-order valence-corrected chi connectivity index (χ1v) is 10.2. The van der Waals surface area contributed by atoms with Gasteiger partial charge in [-0.1, -0.05) is 15.9 Å². The van der Waals surface area contributed by atoms with E-state index in [9.17, 15) is 19.7 Å². The van der Waals surface area contributed by atoms with Crippen LogP contribution < -0.4 is 14.7 Å². The summed E-state index contributed by atoms with van der Waals surface area (Å²) in [6.07, 6.45) is 0.224. The summed E-state index contributed by atoms with van der Waals surface area (Å²) in [6.45, 7) is 2.91. The normalized spacial score (nSPS) is 20.4. The molecule has 4 rings (SSSR count). The number of carbonyl (C=O) groups is 2. The largest absolute Gasteiger partial charge is 0.360 e. The maximum Gasteiger partial charge on any atom is 0.292 e. The Balaban J connectivity index is 1.41. The van der Waals surface area contributed by atoms with Crippen molar-refractivity contribution in [1.82, 2.24) is 0 Å². The first-order chi connectivity index (χ1) is 13.9. The van der Waals surface area contributed by atoms with E-state index in [2.05, 4.69) is 20.8 Å². The van der Waals surface area contributed by atoms with Crippen LogP contribution in [-0.4, -0.2) is 49.0 Å². The second kappa shape index (κ2) is 7.92. The fourth-order valence-corrected chi connectivity index (χ4v) is 4.26. The summed E-state index contributed by atoms with van der Waals surface area (Å²) in [6, 6.07) is 13.3. The van der Waals surface area contributed by atoms with Crippen molar-refractivity contribution in [3.05, 3.63) is 63.1 Å². The standard InChI is InChI=1S/C20H19BrN4O4/c21-14-1-3-16(4-2-14)24-19(26)13-18(20(24)27)23-11-9-22(10-12-23)15-5-7-17(8-6-15)25(28)29/h1-8,18H,9-13H2/p+1/t18-/m1/s1. The number of nitrogens with one attached hydrogen (secondary N) is 1. The number of amides is 2. The summed E-state index contributed by atoms with van der Waals surface area (Å²) in [5.74, 6) is -0.302. The molecular weight excluding hydrogens is 440 g/mol. The number of benzene rings is 2. The number of imide groups is 1. The van der Waals surface area contributed by atoms with Crippen LogP contribution in [-0.2, 0) is 9.59 Å². The molecule has 1 N–H and O–H groups in total. The van der Waals surface area contributed by atoms with Crippen LogP contribution in [0.5, 0.6) is 0 Å². The Kier molecular flexibility index (Phi) is 5.33. The Morgan fingerprint density at radius 2 is 1.55 bits per heavy atom. The number of quaternary nitrogens is 1. The van der Waals surface area contributed by atoms with Gasteiger partial charge in [-0.3, -0.25) is 19.7 Å². The molecule has 2 aromatic carbocycles. The summed E-state index contributed by atoms with van der Waals surface area (Å²) < 4.78 is 0.893. The topological polar surface area (TPSA) is 88.2 Å². The van der Waals surface area contributed by atoms with Gasteiger partial charge in [0.05, 0.1) is 43.2 Å². The van der Waals surface area contributed by atoms with Gasteiger partial charge in [0.25, 0.3) is 11.6 Å². The predicted octanol–water partition coefficient (Wildman–Crippen LogP) is 1.39. The molecule has 2 aromatic rings. The molecule has 2 saturated heterocycles. The molecule has 0 saturated carbocycles. The molecule has 0 aliphatic carbocycles. The van der Waals surface area contributed by atoms with Crippen molar-refractivity contribution < 1.29 is 19.4 Å². The third-order valence-corrected chi connectivity index (χ3v) is 6.08. The van der Waals surface area contributed by atoms with E-state index in [0.717, 1.165) is 41.2 Å². The first-order valence-electron chi connectivity index (χ1n) is 9.40. The Bertz CT molecular complexity index is 940. The summed E-state index contributed by atoms with van der Waals surface area (Å²) in [5, 5.41) is 10.8. The van der Waals surface area contributed by atoms with E-state index in [-0.39, 0.29) is 30.0 Å². The van der Waals surface area contributed by atoms with Crippen molar-refractivity contribution >= 4 is 44.8 Å². The third-order valence-electron chi connectivity index (χ3n) is 5.56. The molecular formula is C20H20BrN4O4+. The highest BCUT2D eigenvalue weighted by atomic mass is 79.9. The Morgan fingerprint density at radius 1 is 0.966 bits per heavy atom. The number of nitro groups is 1. The van der Waals surface area contributed by atoms with E-state index in [1.165, 1.54) is 17.0 Å². The minimum absolute atomic E-state index is 0.0705. The predicted molar refractivity (Wildman–Crippen MR) is 111 cm³/mol. The zero-order chi connectivity index (χ0) is 20.5. The van der Waals surface area contributed by atoms with Gasteiger partial charge in [0.2, 0.25) is 5.91 Å². The Labute approximate surface area is 176 Å². The van der Waals surface area contributed by atoms with E-state index < -0.39 is 4.92 Å².